The van der Waals surface area contributed by atoms with Gasteiger partial charge in [-0.1, -0.05) is 0 Å². The number of benzene rings is 1. The fourth-order valence-corrected chi connectivity index (χ4v) is 1.62. The molecule has 0 radical (unpaired) electrons. The van der Waals surface area contributed by atoms with Gasteiger partial charge in [0.05, 0.1) is 5.56 Å². The van der Waals surface area contributed by atoms with E-state index in [1.165, 1.54) is 0 Å². The largest absolute Gasteiger partial charge is 0.365 e. The maximum Gasteiger partial charge on any atom is 0.365 e. The SMILES string of the molecule is FC1=Cc2c(F)c(F)c(F)c(F)c2C(F)(F)C1(F)F. The summed E-state index contributed by atoms with van der Waals surface area (Å²) in [5.74, 6) is -24.1. The molecule has 1 aliphatic carbocycles. The predicted octanol–water partition coefficient (Wildman–Crippen LogP) is 4.29. The molecule has 0 atom stereocenters. The average Bonchev–Trinajstić information content (AvgIpc) is 2.31. The molecule has 2 rings (SSSR count). The Morgan fingerprint density at radius 1 is 0.632 bits per heavy atom. The summed E-state index contributed by atoms with van der Waals surface area (Å²) in [6, 6.07) is 0. The fraction of sp³-hybridized carbons (Fsp3) is 0.200. The Labute approximate surface area is 98.7 Å². The van der Waals surface area contributed by atoms with Gasteiger partial charge in [0.15, 0.2) is 29.1 Å². The molecule has 0 saturated carbocycles. The molecule has 0 aliphatic heterocycles. The minimum Gasteiger partial charge on any atom is -0.205 e. The third kappa shape index (κ3) is 1.50. The lowest BCUT2D eigenvalue weighted by Gasteiger charge is -2.30. The molecular weight excluding hydrogens is 291 g/mol. The van der Waals surface area contributed by atoms with E-state index in [9.17, 15) is 39.5 Å². The first-order chi connectivity index (χ1) is 8.53. The van der Waals surface area contributed by atoms with Crippen molar-refractivity contribution in [2.45, 2.75) is 11.8 Å². The number of rotatable bonds is 0. The van der Waals surface area contributed by atoms with Crippen LogP contribution in [-0.2, 0) is 5.92 Å². The first-order valence-corrected chi connectivity index (χ1v) is 4.53. The normalized spacial score (nSPS) is 19.9. The summed E-state index contributed by atoms with van der Waals surface area (Å²) in [6.07, 6.45) is -0.492. The molecule has 0 spiro atoms. The number of hydrogen-bond acceptors (Lipinski definition) is 0. The molecule has 0 N–H and O–H groups in total. The van der Waals surface area contributed by atoms with Crippen LogP contribution in [0.5, 0.6) is 0 Å². The van der Waals surface area contributed by atoms with Crippen molar-refractivity contribution in [1.29, 1.82) is 0 Å². The lowest BCUT2D eigenvalue weighted by molar-refractivity contribution is -0.205. The monoisotopic (exact) mass is 292 g/mol. The van der Waals surface area contributed by atoms with Crippen molar-refractivity contribution in [3.8, 4) is 0 Å². The Kier molecular flexibility index (Phi) is 2.66. The summed E-state index contributed by atoms with van der Waals surface area (Å²) in [6.45, 7) is 0. The molecule has 0 saturated heterocycles. The van der Waals surface area contributed by atoms with Crippen molar-refractivity contribution >= 4 is 6.08 Å². The first-order valence-electron chi connectivity index (χ1n) is 4.53. The highest BCUT2D eigenvalue weighted by molar-refractivity contribution is 5.63. The molecule has 0 fully saturated rings. The van der Waals surface area contributed by atoms with Gasteiger partial charge in [-0.15, -0.1) is 0 Å². The quantitative estimate of drug-likeness (QED) is 0.380. The molecule has 0 nitrogen and oxygen atoms in total. The average molecular weight is 292 g/mol. The summed E-state index contributed by atoms with van der Waals surface area (Å²) in [5.41, 5.74) is -4.21. The van der Waals surface area contributed by atoms with Crippen LogP contribution in [0.4, 0.5) is 39.5 Å². The first kappa shape index (κ1) is 13.8. The Bertz CT molecular complexity index is 600. The lowest BCUT2D eigenvalue weighted by Crippen LogP contribution is -2.42. The summed E-state index contributed by atoms with van der Waals surface area (Å²) in [4.78, 5) is 0. The standard InChI is InChI=1S/C10HF9/c11-3-1-2-4(10(18,19)9(3,16)17)6(13)8(15)7(14)5(2)12/h1H. The van der Waals surface area contributed by atoms with Crippen LogP contribution in [0.15, 0.2) is 5.83 Å². The molecular formula is C10HF9. The minimum atomic E-state index is -5.55. The van der Waals surface area contributed by atoms with Crippen LogP contribution in [0.2, 0.25) is 0 Å². The van der Waals surface area contributed by atoms with Gasteiger partial charge >= 0.3 is 11.8 Å². The topological polar surface area (TPSA) is 0 Å². The van der Waals surface area contributed by atoms with Gasteiger partial charge < -0.3 is 0 Å². The Morgan fingerprint density at radius 3 is 1.63 bits per heavy atom. The third-order valence-corrected chi connectivity index (χ3v) is 2.58. The molecule has 9 heteroatoms. The van der Waals surface area contributed by atoms with Crippen LogP contribution in [0.3, 0.4) is 0 Å². The zero-order chi connectivity index (χ0) is 14.7. The van der Waals surface area contributed by atoms with E-state index in [0.29, 0.717) is 0 Å². The number of halogens is 9. The van der Waals surface area contributed by atoms with Crippen molar-refractivity contribution in [3.05, 3.63) is 40.2 Å². The van der Waals surface area contributed by atoms with Gasteiger partial charge in [0, 0.05) is 5.56 Å². The second kappa shape index (κ2) is 3.67. The van der Waals surface area contributed by atoms with Crippen LogP contribution < -0.4 is 0 Å². The molecule has 1 aromatic rings. The van der Waals surface area contributed by atoms with Crippen LogP contribution in [0.1, 0.15) is 11.1 Å². The summed E-state index contributed by atoms with van der Waals surface area (Å²) >= 11 is 0. The van der Waals surface area contributed by atoms with Crippen molar-refractivity contribution in [3.63, 3.8) is 0 Å². The van der Waals surface area contributed by atoms with Crippen LogP contribution in [0.25, 0.3) is 6.08 Å². The second-order valence-corrected chi connectivity index (χ2v) is 3.69. The molecule has 1 aromatic carbocycles. The van der Waals surface area contributed by atoms with Crippen molar-refractivity contribution in [2.75, 3.05) is 0 Å². The highest BCUT2D eigenvalue weighted by atomic mass is 19.3. The van der Waals surface area contributed by atoms with E-state index >= 15 is 0 Å². The van der Waals surface area contributed by atoms with Crippen molar-refractivity contribution < 1.29 is 39.5 Å². The zero-order valence-electron chi connectivity index (χ0n) is 8.48. The summed E-state index contributed by atoms with van der Waals surface area (Å²) < 4.78 is 117. The maximum atomic E-state index is 13.3. The van der Waals surface area contributed by atoms with E-state index < -0.39 is 58.1 Å². The van der Waals surface area contributed by atoms with Crippen molar-refractivity contribution in [1.82, 2.24) is 0 Å². The van der Waals surface area contributed by atoms with E-state index in [2.05, 4.69) is 0 Å². The fourth-order valence-electron chi connectivity index (χ4n) is 1.62. The Morgan fingerprint density at radius 2 is 1.11 bits per heavy atom. The summed E-state index contributed by atoms with van der Waals surface area (Å²) in [7, 11) is 0. The van der Waals surface area contributed by atoms with Crippen LogP contribution in [-0.4, -0.2) is 5.92 Å². The Hall–Kier alpha value is -1.67. The Balaban J connectivity index is 2.97. The molecule has 19 heavy (non-hydrogen) atoms. The number of alkyl halides is 4. The molecule has 0 aromatic heterocycles. The number of hydrogen-bond donors (Lipinski definition) is 0. The van der Waals surface area contributed by atoms with E-state index in [-0.39, 0.29) is 0 Å². The van der Waals surface area contributed by atoms with Crippen molar-refractivity contribution in [2.24, 2.45) is 0 Å². The molecule has 0 bridgehead atoms. The van der Waals surface area contributed by atoms with Gasteiger partial charge in [-0.2, -0.15) is 17.6 Å². The van der Waals surface area contributed by atoms with Gasteiger partial charge in [-0.05, 0) is 6.08 Å². The number of fused-ring (bicyclic) bond motifs is 1. The van der Waals surface area contributed by atoms with Gasteiger partial charge in [0.25, 0.3) is 0 Å². The lowest BCUT2D eigenvalue weighted by atomic mass is 9.89. The molecule has 0 unspecified atom stereocenters. The van der Waals surface area contributed by atoms with Gasteiger partial charge in [-0.3, -0.25) is 0 Å². The van der Waals surface area contributed by atoms with E-state index in [4.69, 9.17) is 0 Å². The highest BCUT2D eigenvalue weighted by Crippen LogP contribution is 2.53. The second-order valence-electron chi connectivity index (χ2n) is 3.69. The van der Waals surface area contributed by atoms with E-state index in [1.54, 1.807) is 0 Å². The smallest absolute Gasteiger partial charge is 0.205 e. The maximum absolute atomic E-state index is 13.3. The van der Waals surface area contributed by atoms with E-state index in [0.717, 1.165) is 0 Å². The zero-order valence-corrected chi connectivity index (χ0v) is 8.48. The molecule has 1 aliphatic rings. The molecule has 0 heterocycles. The molecule has 104 valence electrons. The van der Waals surface area contributed by atoms with Gasteiger partial charge in [-0.25, -0.2) is 22.0 Å². The predicted molar refractivity (Wildman–Crippen MR) is 44.2 cm³/mol. The summed E-state index contributed by atoms with van der Waals surface area (Å²) in [5, 5.41) is 0. The minimum absolute atomic E-state index is 0.492. The van der Waals surface area contributed by atoms with Gasteiger partial charge in [0.1, 0.15) is 0 Å². The van der Waals surface area contributed by atoms with Crippen LogP contribution >= 0.6 is 0 Å². The highest BCUT2D eigenvalue weighted by Gasteiger charge is 2.65. The number of allylic oxidation sites excluding steroid dienone is 1. The molecule has 0 amide bonds. The van der Waals surface area contributed by atoms with Gasteiger partial charge in [0.2, 0.25) is 0 Å². The van der Waals surface area contributed by atoms with E-state index in [1.807, 2.05) is 0 Å². The van der Waals surface area contributed by atoms with Crippen LogP contribution in [0, 0.1) is 23.3 Å². The third-order valence-electron chi connectivity index (χ3n) is 2.58.